The summed E-state index contributed by atoms with van der Waals surface area (Å²) in [6.07, 6.45) is 3.88. The fourth-order valence-corrected chi connectivity index (χ4v) is 3.10. The minimum absolute atomic E-state index is 0.194. The molecule has 29 heavy (non-hydrogen) atoms. The molecule has 1 aliphatic carbocycles. The third-order valence-electron chi connectivity index (χ3n) is 5.03. The molecule has 0 saturated heterocycles. The zero-order valence-corrected chi connectivity index (χ0v) is 16.7. The fraction of sp³-hybridized carbons (Fsp3) is 0.208. The molecule has 0 spiro atoms. The summed E-state index contributed by atoms with van der Waals surface area (Å²) in [7, 11) is 0. The van der Waals surface area contributed by atoms with Crippen molar-refractivity contribution in [2.45, 2.75) is 26.7 Å². The van der Waals surface area contributed by atoms with Gasteiger partial charge in [0.25, 0.3) is 11.8 Å². The smallest absolute Gasteiger partial charge is 0.271 e. The lowest BCUT2D eigenvalue weighted by molar-refractivity contribution is 0.0954. The van der Waals surface area contributed by atoms with E-state index in [1.54, 1.807) is 36.4 Å². The van der Waals surface area contributed by atoms with Gasteiger partial charge >= 0.3 is 0 Å². The number of hydrogen-bond acceptors (Lipinski definition) is 3. The average molecular weight is 387 g/mol. The number of nitrogens with one attached hydrogen (secondary N) is 2. The highest BCUT2D eigenvalue weighted by Gasteiger charge is 2.19. The second-order valence-electron chi connectivity index (χ2n) is 7.27. The molecule has 2 aromatic rings. The van der Waals surface area contributed by atoms with E-state index in [1.807, 2.05) is 32.0 Å². The number of anilines is 1. The van der Waals surface area contributed by atoms with E-state index < -0.39 is 0 Å². The molecule has 0 fully saturated rings. The Labute approximate surface area is 171 Å². The van der Waals surface area contributed by atoms with Crippen molar-refractivity contribution in [2.24, 2.45) is 11.0 Å². The maximum atomic E-state index is 12.4. The second-order valence-corrected chi connectivity index (χ2v) is 7.27. The number of carbonyl (C=O) groups excluding carboxylic acids is 2. The minimum Gasteiger partial charge on any atom is -0.322 e. The Morgan fingerprint density at radius 3 is 2.31 bits per heavy atom. The van der Waals surface area contributed by atoms with Gasteiger partial charge in [-0.3, -0.25) is 9.59 Å². The zero-order valence-electron chi connectivity index (χ0n) is 16.7. The molecule has 1 unspecified atom stereocenters. The van der Waals surface area contributed by atoms with Crippen LogP contribution in [0.15, 0.2) is 83.5 Å². The van der Waals surface area contributed by atoms with Crippen LogP contribution in [0, 0.1) is 5.92 Å². The van der Waals surface area contributed by atoms with Crippen molar-refractivity contribution in [1.82, 2.24) is 5.43 Å². The first-order valence-electron chi connectivity index (χ1n) is 9.60. The summed E-state index contributed by atoms with van der Waals surface area (Å²) in [5.41, 5.74) is 7.40. The summed E-state index contributed by atoms with van der Waals surface area (Å²) in [6.45, 7) is 8.05. The molecule has 1 atom stereocenters. The Balaban J connectivity index is 1.62. The predicted molar refractivity (Wildman–Crippen MR) is 117 cm³/mol. The molecule has 0 heterocycles. The first kappa shape index (κ1) is 20.3. The van der Waals surface area contributed by atoms with E-state index in [2.05, 4.69) is 28.5 Å². The molecule has 2 N–H and O–H groups in total. The van der Waals surface area contributed by atoms with Crippen molar-refractivity contribution in [3.63, 3.8) is 0 Å². The number of benzene rings is 2. The van der Waals surface area contributed by atoms with E-state index in [1.165, 1.54) is 0 Å². The highest BCUT2D eigenvalue weighted by Crippen LogP contribution is 2.26. The molecule has 5 heteroatoms. The summed E-state index contributed by atoms with van der Waals surface area (Å²) >= 11 is 0. The lowest BCUT2D eigenvalue weighted by atomic mass is 9.85. The van der Waals surface area contributed by atoms with Crippen molar-refractivity contribution in [3.8, 4) is 0 Å². The highest BCUT2D eigenvalue weighted by atomic mass is 16.2. The Bertz CT molecular complexity index is 973. The van der Waals surface area contributed by atoms with E-state index in [0.29, 0.717) is 22.7 Å². The van der Waals surface area contributed by atoms with Gasteiger partial charge in [0.1, 0.15) is 0 Å². The van der Waals surface area contributed by atoms with E-state index in [-0.39, 0.29) is 11.8 Å². The normalized spacial score (nSPS) is 17.4. The van der Waals surface area contributed by atoms with Crippen molar-refractivity contribution >= 4 is 23.2 Å². The van der Waals surface area contributed by atoms with E-state index >= 15 is 0 Å². The molecule has 0 aromatic heterocycles. The monoisotopic (exact) mass is 387 g/mol. The number of hydrazone groups is 1. The van der Waals surface area contributed by atoms with Gasteiger partial charge in [-0.15, -0.1) is 0 Å². The zero-order chi connectivity index (χ0) is 20.8. The van der Waals surface area contributed by atoms with Gasteiger partial charge in [0.2, 0.25) is 0 Å². The lowest BCUT2D eigenvalue weighted by Gasteiger charge is -2.22. The Hall–Kier alpha value is -3.47. The molecule has 0 radical (unpaired) electrons. The highest BCUT2D eigenvalue weighted by molar-refractivity contribution is 6.05. The third-order valence-corrected chi connectivity index (χ3v) is 5.03. The van der Waals surface area contributed by atoms with Crippen LogP contribution >= 0.6 is 0 Å². The van der Waals surface area contributed by atoms with Crippen LogP contribution in [0.3, 0.4) is 0 Å². The number of allylic oxidation sites excluding steroid dienone is 3. The van der Waals surface area contributed by atoms with Gasteiger partial charge in [-0.05, 0) is 74.6 Å². The topological polar surface area (TPSA) is 70.6 Å². The van der Waals surface area contributed by atoms with Gasteiger partial charge in [0.05, 0.1) is 5.71 Å². The van der Waals surface area contributed by atoms with Crippen LogP contribution in [0.5, 0.6) is 0 Å². The first-order valence-corrected chi connectivity index (χ1v) is 9.60. The van der Waals surface area contributed by atoms with E-state index in [0.717, 1.165) is 29.7 Å². The van der Waals surface area contributed by atoms with Crippen LogP contribution in [0.1, 0.15) is 47.4 Å². The second kappa shape index (κ2) is 9.15. The van der Waals surface area contributed by atoms with Crippen molar-refractivity contribution in [2.75, 3.05) is 5.32 Å². The molecule has 5 nitrogen and oxygen atoms in total. The van der Waals surface area contributed by atoms with Crippen LogP contribution in [0.25, 0.3) is 0 Å². The molecular formula is C24H25N3O2. The van der Waals surface area contributed by atoms with Gasteiger partial charge in [0, 0.05) is 16.8 Å². The van der Waals surface area contributed by atoms with Gasteiger partial charge in [0.15, 0.2) is 0 Å². The number of nitrogens with zero attached hydrogens (tertiary/aromatic N) is 1. The van der Waals surface area contributed by atoms with Crippen molar-refractivity contribution in [1.29, 1.82) is 0 Å². The maximum absolute atomic E-state index is 12.4. The molecule has 0 saturated carbocycles. The van der Waals surface area contributed by atoms with Crippen LogP contribution in [0.2, 0.25) is 0 Å². The Morgan fingerprint density at radius 2 is 1.66 bits per heavy atom. The average Bonchev–Trinajstić information content (AvgIpc) is 2.74. The van der Waals surface area contributed by atoms with E-state index in [9.17, 15) is 9.59 Å². The standard InChI is InChI=1S/C24H25N3O2/c1-16(2)20-10-9-17(3)22(15-20)26-27-24(29)19-11-13-21(14-12-19)25-23(28)18-7-5-4-6-8-18/h4-9,11-14,20H,1,10,15H2,2-3H3,(H,25,28)(H,27,29)/b26-22-. The summed E-state index contributed by atoms with van der Waals surface area (Å²) in [6, 6.07) is 15.7. The van der Waals surface area contributed by atoms with Gasteiger partial charge in [-0.1, -0.05) is 36.4 Å². The van der Waals surface area contributed by atoms with E-state index in [4.69, 9.17) is 0 Å². The molecule has 2 aromatic carbocycles. The van der Waals surface area contributed by atoms with Crippen LogP contribution in [-0.4, -0.2) is 17.5 Å². The molecule has 3 rings (SSSR count). The molecule has 1 aliphatic rings. The van der Waals surface area contributed by atoms with Gasteiger partial charge < -0.3 is 5.32 Å². The lowest BCUT2D eigenvalue weighted by Crippen LogP contribution is -2.23. The summed E-state index contributed by atoms with van der Waals surface area (Å²) in [4.78, 5) is 24.6. The van der Waals surface area contributed by atoms with Crippen molar-refractivity contribution < 1.29 is 9.59 Å². The summed E-state index contributed by atoms with van der Waals surface area (Å²) < 4.78 is 0. The number of rotatable bonds is 5. The van der Waals surface area contributed by atoms with Gasteiger partial charge in [-0.25, -0.2) is 5.43 Å². The van der Waals surface area contributed by atoms with Crippen LogP contribution in [0.4, 0.5) is 5.69 Å². The predicted octanol–water partition coefficient (Wildman–Crippen LogP) is 4.96. The molecule has 0 bridgehead atoms. The SMILES string of the molecule is C=C(C)C1CC=C(C)/C(=N\NC(=O)c2ccc(NC(=O)c3ccccc3)cc2)C1. The number of hydrogen-bond donors (Lipinski definition) is 2. The Kier molecular flexibility index (Phi) is 6.39. The number of carbonyl (C=O) groups is 2. The largest absolute Gasteiger partial charge is 0.322 e. The molecule has 148 valence electrons. The summed E-state index contributed by atoms with van der Waals surface area (Å²) in [5.74, 6) is -0.119. The van der Waals surface area contributed by atoms with Gasteiger partial charge in [-0.2, -0.15) is 5.10 Å². The van der Waals surface area contributed by atoms with Crippen LogP contribution < -0.4 is 10.7 Å². The maximum Gasteiger partial charge on any atom is 0.271 e. The first-order chi connectivity index (χ1) is 13.9. The molecular weight excluding hydrogens is 362 g/mol. The van der Waals surface area contributed by atoms with Crippen LogP contribution in [-0.2, 0) is 0 Å². The summed E-state index contributed by atoms with van der Waals surface area (Å²) in [5, 5.41) is 7.14. The van der Waals surface area contributed by atoms with Crippen molar-refractivity contribution in [3.05, 3.63) is 89.5 Å². The molecule has 0 aliphatic heterocycles. The molecule has 2 amide bonds. The number of amides is 2. The fourth-order valence-electron chi connectivity index (χ4n) is 3.10. The third kappa shape index (κ3) is 5.29. The quantitative estimate of drug-likeness (QED) is 0.562. The minimum atomic E-state index is -0.288. The Morgan fingerprint density at radius 1 is 1.00 bits per heavy atom.